The van der Waals surface area contributed by atoms with E-state index >= 15 is 0 Å². The van der Waals surface area contributed by atoms with Gasteiger partial charge in [-0.25, -0.2) is 0 Å². The molecule has 12 aromatic carbocycles. The van der Waals surface area contributed by atoms with Crippen LogP contribution < -0.4 is 20.2 Å². The van der Waals surface area contributed by atoms with Gasteiger partial charge in [0.25, 0.3) is 0 Å². The van der Waals surface area contributed by atoms with Gasteiger partial charge in [-0.05, 0) is 129 Å². The summed E-state index contributed by atoms with van der Waals surface area (Å²) in [5.74, 6) is 0. The fraction of sp³-hybridized carbons (Fsp3) is 0.0588. The van der Waals surface area contributed by atoms with Gasteiger partial charge in [-0.2, -0.15) is 0 Å². The van der Waals surface area contributed by atoms with Crippen LogP contribution in [0.3, 0.4) is 0 Å². The normalized spacial score (nSPS) is 13.2. The van der Waals surface area contributed by atoms with Gasteiger partial charge in [-0.1, -0.05) is 218 Å². The molecule has 2 aliphatic rings. The summed E-state index contributed by atoms with van der Waals surface area (Å²) in [7, 11) is -4.81. The zero-order chi connectivity index (χ0) is 50.4. The summed E-state index contributed by atoms with van der Waals surface area (Å²) in [6.07, 6.45) is 0. The molecule has 75 heavy (non-hydrogen) atoms. The molecule has 0 fully saturated rings. The Morgan fingerprint density at radius 3 is 0.800 bits per heavy atom. The lowest BCUT2D eigenvalue weighted by Crippen LogP contribution is -2.57. The van der Waals surface area contributed by atoms with Crippen molar-refractivity contribution >= 4 is 128 Å². The maximum absolute atomic E-state index is 7.51. The monoisotopic (exact) mass is 1030 g/mol. The van der Waals surface area contributed by atoms with Crippen LogP contribution in [0.2, 0.25) is 26.2 Å². The zero-order valence-electron chi connectivity index (χ0n) is 42.2. The van der Waals surface area contributed by atoms with Gasteiger partial charge in [0.1, 0.15) is 0 Å². The molecule has 14 rings (SSSR count). The molecule has 0 amide bonds. The first-order valence-corrected chi connectivity index (χ1v) is 33.3. The molecular formula is C68H52N2OS2Si2. The Morgan fingerprint density at radius 1 is 0.280 bits per heavy atom. The van der Waals surface area contributed by atoms with Crippen LogP contribution in [-0.4, -0.2) is 16.6 Å². The molecular weight excluding hydrogens is 981 g/mol. The topological polar surface area (TPSA) is 15.7 Å². The second-order valence-corrected chi connectivity index (χ2v) is 30.8. The van der Waals surface area contributed by atoms with Crippen LogP contribution in [0, 0.1) is 0 Å². The van der Waals surface area contributed by atoms with Gasteiger partial charge in [0, 0.05) is 41.1 Å². The van der Waals surface area contributed by atoms with Crippen LogP contribution in [0.4, 0.5) is 34.1 Å². The van der Waals surface area contributed by atoms with Crippen LogP contribution >= 0.6 is 23.5 Å². The van der Waals surface area contributed by atoms with Gasteiger partial charge in [0.05, 0.1) is 34.1 Å². The van der Waals surface area contributed by atoms with Crippen molar-refractivity contribution in [2.24, 2.45) is 0 Å². The molecule has 12 aromatic rings. The number of para-hydroxylation sites is 4. The number of nitrogens with zero attached hydrogens (tertiary/aromatic N) is 2. The van der Waals surface area contributed by atoms with Gasteiger partial charge in [-0.3, -0.25) is 0 Å². The van der Waals surface area contributed by atoms with E-state index in [0.717, 1.165) is 0 Å². The quantitative estimate of drug-likeness (QED) is 0.111. The van der Waals surface area contributed by atoms with Crippen molar-refractivity contribution in [2.75, 3.05) is 9.80 Å². The van der Waals surface area contributed by atoms with Crippen molar-refractivity contribution in [2.45, 2.75) is 45.8 Å². The van der Waals surface area contributed by atoms with Crippen molar-refractivity contribution in [3.05, 3.63) is 243 Å². The first kappa shape index (κ1) is 45.9. The third-order valence-corrected chi connectivity index (χ3v) is 25.2. The summed E-state index contributed by atoms with van der Waals surface area (Å²) in [5, 5.41) is 12.5. The predicted molar refractivity (Wildman–Crippen MR) is 327 cm³/mol. The highest BCUT2D eigenvalue weighted by atomic mass is 32.2. The molecule has 0 bridgehead atoms. The highest BCUT2D eigenvalue weighted by Crippen LogP contribution is 2.57. The molecule has 0 N–H and O–H groups in total. The second kappa shape index (κ2) is 18.0. The molecule has 360 valence electrons. The fourth-order valence-corrected chi connectivity index (χ4v) is 22.1. The zero-order valence-corrected chi connectivity index (χ0v) is 45.8. The molecule has 0 spiro atoms. The third kappa shape index (κ3) is 7.59. The van der Waals surface area contributed by atoms with E-state index in [0.29, 0.717) is 0 Å². The van der Waals surface area contributed by atoms with Crippen LogP contribution in [0.15, 0.2) is 262 Å². The second-order valence-electron chi connectivity index (χ2n) is 20.7. The van der Waals surface area contributed by atoms with E-state index in [1.165, 1.54) is 129 Å². The smallest absolute Gasteiger partial charge is 0.206 e. The largest absolute Gasteiger partial charge is 0.449 e. The van der Waals surface area contributed by atoms with Crippen molar-refractivity contribution in [1.82, 2.24) is 0 Å². The molecule has 3 nitrogen and oxygen atoms in total. The summed E-state index contributed by atoms with van der Waals surface area (Å²) < 4.78 is 7.51. The Balaban J connectivity index is 0.801. The molecule has 2 heterocycles. The molecule has 0 aromatic heterocycles. The molecule has 0 aliphatic carbocycles. The van der Waals surface area contributed by atoms with Gasteiger partial charge < -0.3 is 13.9 Å². The molecule has 0 saturated heterocycles. The predicted octanol–water partition coefficient (Wildman–Crippen LogP) is 19.0. The summed E-state index contributed by atoms with van der Waals surface area (Å²) in [6.45, 7) is 9.48. The summed E-state index contributed by atoms with van der Waals surface area (Å²) in [5.41, 5.74) is 12.2. The Labute approximate surface area is 449 Å². The molecule has 0 saturated carbocycles. The van der Waals surface area contributed by atoms with Crippen molar-refractivity contribution in [3.8, 4) is 22.3 Å². The average Bonchev–Trinajstić information content (AvgIpc) is 3.46. The Morgan fingerprint density at radius 2 is 0.520 bits per heavy atom. The lowest BCUT2D eigenvalue weighted by molar-refractivity contribution is 0.573. The number of rotatable bonds is 8. The molecule has 0 unspecified atom stereocenters. The summed E-state index contributed by atoms with van der Waals surface area (Å²) in [6, 6.07) is 89.9. The van der Waals surface area contributed by atoms with Crippen LogP contribution in [0.25, 0.3) is 65.3 Å². The fourth-order valence-electron chi connectivity index (χ4n) is 12.0. The van der Waals surface area contributed by atoms with Crippen molar-refractivity contribution < 1.29 is 4.12 Å². The minimum Gasteiger partial charge on any atom is -0.449 e. The lowest BCUT2D eigenvalue weighted by atomic mass is 9.90. The Kier molecular flexibility index (Phi) is 11.1. The maximum atomic E-state index is 7.51. The van der Waals surface area contributed by atoms with Crippen LogP contribution in [0.5, 0.6) is 0 Å². The van der Waals surface area contributed by atoms with Crippen LogP contribution in [-0.2, 0) is 4.12 Å². The lowest BCUT2D eigenvalue weighted by Gasteiger charge is -2.35. The maximum Gasteiger partial charge on any atom is 0.206 e. The molecule has 7 heteroatoms. The molecule has 0 atom stereocenters. The van der Waals surface area contributed by atoms with Gasteiger partial charge in [-0.15, -0.1) is 0 Å². The third-order valence-electron chi connectivity index (χ3n) is 15.4. The Hall–Kier alpha value is -7.63. The molecule has 0 radical (unpaired) electrons. The van der Waals surface area contributed by atoms with E-state index in [2.05, 4.69) is 279 Å². The number of benzene rings is 12. The minimum atomic E-state index is -2.40. The Bertz CT molecular complexity index is 3770. The minimum absolute atomic E-state index is 1.21. The average molecular weight is 1030 g/mol. The van der Waals surface area contributed by atoms with E-state index in [1.54, 1.807) is 0 Å². The number of fused-ring (bicyclic) bond motifs is 8. The standard InChI is InChI=1S/C68H52N2OS2Si2/c1-74(2,47-41-37-45(38-42-47)65-49-21-5-9-25-53(49)67(54-26-10-6-22-50(54)65)69-57-29-13-17-33-61(57)72-62-34-18-14-30-58(62)69)71-75(3,4)48-43-39-46(40-44-48)66-51-23-7-11-27-55(51)68(56-28-12-8-24-52(56)66)70-59-31-15-19-35-63(59)73-64-36-20-16-32-60(64)70/h5-44H,1-4H3. The highest BCUT2D eigenvalue weighted by molar-refractivity contribution is 8.00. The van der Waals surface area contributed by atoms with E-state index in [1.807, 2.05) is 23.5 Å². The first-order chi connectivity index (χ1) is 36.7. The highest BCUT2D eigenvalue weighted by Gasteiger charge is 2.37. The number of hydrogen-bond acceptors (Lipinski definition) is 5. The van der Waals surface area contributed by atoms with E-state index < -0.39 is 16.6 Å². The van der Waals surface area contributed by atoms with Crippen molar-refractivity contribution in [3.63, 3.8) is 0 Å². The summed E-state index contributed by atoms with van der Waals surface area (Å²) >= 11 is 3.70. The van der Waals surface area contributed by atoms with Gasteiger partial charge in [0.2, 0.25) is 16.6 Å². The van der Waals surface area contributed by atoms with Gasteiger partial charge >= 0.3 is 0 Å². The number of hydrogen-bond donors (Lipinski definition) is 0. The molecule has 2 aliphatic heterocycles. The van der Waals surface area contributed by atoms with Crippen molar-refractivity contribution in [1.29, 1.82) is 0 Å². The number of anilines is 6. The van der Waals surface area contributed by atoms with E-state index in [-0.39, 0.29) is 0 Å². The first-order valence-electron chi connectivity index (χ1n) is 25.8. The summed E-state index contributed by atoms with van der Waals surface area (Å²) in [4.78, 5) is 10.0. The van der Waals surface area contributed by atoms with E-state index in [9.17, 15) is 0 Å². The van der Waals surface area contributed by atoms with Crippen LogP contribution in [0.1, 0.15) is 0 Å². The van der Waals surface area contributed by atoms with Gasteiger partial charge in [0.15, 0.2) is 0 Å². The SMILES string of the molecule is C[Si](C)(O[Si](C)(C)c1ccc(-c2c3ccccc3c(N3c4ccccc4Sc4ccccc43)c3ccccc23)cc1)c1ccc(-c2c3ccccc3c(N3c4ccccc4Sc4ccccc43)c3ccccc23)cc1. The van der Waals surface area contributed by atoms with E-state index in [4.69, 9.17) is 4.12 Å².